The number of esters is 1. The van der Waals surface area contributed by atoms with Gasteiger partial charge in [-0.25, -0.2) is 13.6 Å². The van der Waals surface area contributed by atoms with Crippen LogP contribution < -0.4 is 11.1 Å². The van der Waals surface area contributed by atoms with Crippen molar-refractivity contribution < 1.29 is 18.3 Å². The first-order valence-corrected chi connectivity index (χ1v) is 6.11. The number of carbonyl (C=O) groups excluding carboxylic acids is 1. The molecule has 1 aliphatic rings. The van der Waals surface area contributed by atoms with Crippen molar-refractivity contribution in [1.82, 2.24) is 0 Å². The van der Waals surface area contributed by atoms with E-state index in [2.05, 4.69) is 10.1 Å². The molecular formula is C13H16F2N2O2. The second kappa shape index (κ2) is 5.52. The van der Waals surface area contributed by atoms with E-state index in [9.17, 15) is 13.6 Å². The predicted octanol–water partition coefficient (Wildman–Crippen LogP) is 1.90. The van der Waals surface area contributed by atoms with E-state index in [-0.39, 0.29) is 11.7 Å². The highest BCUT2D eigenvalue weighted by molar-refractivity contribution is 5.90. The molecule has 1 atom stereocenters. The van der Waals surface area contributed by atoms with E-state index in [0.29, 0.717) is 12.5 Å². The summed E-state index contributed by atoms with van der Waals surface area (Å²) in [7, 11) is 1.11. The Kier molecular flexibility index (Phi) is 3.99. The lowest BCUT2D eigenvalue weighted by atomic mass is 10.1. The highest BCUT2D eigenvalue weighted by Gasteiger charge is 2.31. The molecule has 2 rings (SSSR count). The molecule has 0 aliphatic heterocycles. The summed E-state index contributed by atoms with van der Waals surface area (Å²) in [5.41, 5.74) is 5.20. The van der Waals surface area contributed by atoms with Crippen LogP contribution in [0.25, 0.3) is 0 Å². The lowest BCUT2D eigenvalue weighted by Crippen LogP contribution is -2.31. The van der Waals surface area contributed by atoms with Crippen LogP contribution in [-0.4, -0.2) is 25.7 Å². The molecule has 1 unspecified atom stereocenters. The zero-order valence-electron chi connectivity index (χ0n) is 10.6. The summed E-state index contributed by atoms with van der Waals surface area (Å²) in [6.07, 6.45) is 2.08. The number of methoxy groups -OCH3 is 1. The fourth-order valence-electron chi connectivity index (χ4n) is 2.00. The van der Waals surface area contributed by atoms with E-state index in [1.807, 2.05) is 0 Å². The molecule has 0 amide bonds. The maximum Gasteiger partial charge on any atom is 0.340 e. The van der Waals surface area contributed by atoms with Crippen molar-refractivity contribution >= 4 is 11.7 Å². The summed E-state index contributed by atoms with van der Waals surface area (Å²) in [6.45, 7) is 0.352. The molecule has 6 heteroatoms. The van der Waals surface area contributed by atoms with Crippen LogP contribution in [0.15, 0.2) is 12.1 Å². The summed E-state index contributed by atoms with van der Waals surface area (Å²) >= 11 is 0. The van der Waals surface area contributed by atoms with Crippen molar-refractivity contribution in [3.05, 3.63) is 29.3 Å². The van der Waals surface area contributed by atoms with Gasteiger partial charge in [0.05, 0.1) is 18.4 Å². The largest absolute Gasteiger partial charge is 0.465 e. The van der Waals surface area contributed by atoms with Crippen LogP contribution in [0.1, 0.15) is 23.2 Å². The highest BCUT2D eigenvalue weighted by Crippen LogP contribution is 2.34. The van der Waals surface area contributed by atoms with Crippen LogP contribution in [0.5, 0.6) is 0 Å². The van der Waals surface area contributed by atoms with Crippen LogP contribution in [-0.2, 0) is 4.74 Å². The van der Waals surface area contributed by atoms with Crippen LogP contribution >= 0.6 is 0 Å². The standard InChI is InChI=1S/C13H16F2N2O2/c1-19-13(18)8-4-5-9(12(15)11(8)14)17-10(6-16)7-2-3-7/h4-5,7,10,17H,2-3,6,16H2,1H3. The molecule has 0 radical (unpaired) electrons. The molecule has 1 aromatic carbocycles. The molecule has 4 nitrogen and oxygen atoms in total. The molecule has 1 saturated carbocycles. The van der Waals surface area contributed by atoms with Crippen molar-refractivity contribution in [3.63, 3.8) is 0 Å². The molecule has 1 aliphatic carbocycles. The Balaban J connectivity index is 2.22. The Morgan fingerprint density at radius 3 is 2.68 bits per heavy atom. The molecule has 0 spiro atoms. The number of hydrogen-bond donors (Lipinski definition) is 2. The van der Waals surface area contributed by atoms with E-state index in [1.54, 1.807) is 0 Å². The number of nitrogens with two attached hydrogens (primary N) is 1. The minimum atomic E-state index is -1.21. The quantitative estimate of drug-likeness (QED) is 0.802. The number of hydrogen-bond acceptors (Lipinski definition) is 4. The van der Waals surface area contributed by atoms with Crippen molar-refractivity contribution in [1.29, 1.82) is 0 Å². The number of anilines is 1. The van der Waals surface area contributed by atoms with Gasteiger partial charge in [-0.2, -0.15) is 0 Å². The normalized spacial score (nSPS) is 16.0. The molecule has 0 aromatic heterocycles. The van der Waals surface area contributed by atoms with Gasteiger partial charge in [0.15, 0.2) is 11.6 Å². The molecule has 1 aromatic rings. The Labute approximate surface area is 109 Å². The third kappa shape index (κ3) is 2.84. The number of benzene rings is 1. The number of rotatable bonds is 5. The third-order valence-electron chi connectivity index (χ3n) is 3.27. The second-order valence-electron chi connectivity index (χ2n) is 4.60. The lowest BCUT2D eigenvalue weighted by Gasteiger charge is -2.18. The summed E-state index contributed by atoms with van der Waals surface area (Å²) < 4.78 is 32.0. The van der Waals surface area contributed by atoms with Gasteiger partial charge in [0.25, 0.3) is 0 Å². The zero-order chi connectivity index (χ0) is 14.0. The maximum atomic E-state index is 13.9. The average molecular weight is 270 g/mol. The van der Waals surface area contributed by atoms with Crippen molar-refractivity contribution in [3.8, 4) is 0 Å². The van der Waals surface area contributed by atoms with Gasteiger partial charge >= 0.3 is 5.97 Å². The first-order valence-electron chi connectivity index (χ1n) is 6.11. The minimum Gasteiger partial charge on any atom is -0.465 e. The Morgan fingerprint density at radius 1 is 1.47 bits per heavy atom. The van der Waals surface area contributed by atoms with Crippen molar-refractivity contribution in [2.24, 2.45) is 11.7 Å². The van der Waals surface area contributed by atoms with Gasteiger partial charge in [-0.05, 0) is 30.9 Å². The summed E-state index contributed by atoms with van der Waals surface area (Å²) in [6, 6.07) is 2.46. The number of ether oxygens (including phenoxy) is 1. The van der Waals surface area contributed by atoms with Crippen molar-refractivity contribution in [2.75, 3.05) is 19.0 Å². The Morgan fingerprint density at radius 2 is 2.16 bits per heavy atom. The van der Waals surface area contributed by atoms with E-state index in [4.69, 9.17) is 5.73 Å². The second-order valence-corrected chi connectivity index (χ2v) is 4.60. The van der Waals surface area contributed by atoms with Gasteiger partial charge < -0.3 is 15.8 Å². The molecule has 0 bridgehead atoms. The van der Waals surface area contributed by atoms with Crippen LogP contribution in [0.2, 0.25) is 0 Å². The minimum absolute atomic E-state index is 0.0208. The molecule has 0 saturated heterocycles. The molecule has 0 heterocycles. The van der Waals surface area contributed by atoms with Gasteiger partial charge in [0.1, 0.15) is 0 Å². The molecular weight excluding hydrogens is 254 g/mol. The van der Waals surface area contributed by atoms with Gasteiger partial charge in [-0.3, -0.25) is 0 Å². The average Bonchev–Trinajstić information content (AvgIpc) is 3.24. The Bertz CT molecular complexity index is 490. The third-order valence-corrected chi connectivity index (χ3v) is 3.27. The monoisotopic (exact) mass is 270 g/mol. The fourth-order valence-corrected chi connectivity index (χ4v) is 2.00. The fraction of sp³-hybridized carbons (Fsp3) is 0.462. The smallest absolute Gasteiger partial charge is 0.340 e. The number of nitrogens with one attached hydrogen (secondary N) is 1. The van der Waals surface area contributed by atoms with Gasteiger partial charge in [0.2, 0.25) is 0 Å². The first kappa shape index (κ1) is 13.7. The van der Waals surface area contributed by atoms with E-state index in [0.717, 1.165) is 20.0 Å². The first-order chi connectivity index (χ1) is 9.08. The van der Waals surface area contributed by atoms with Crippen molar-refractivity contribution in [2.45, 2.75) is 18.9 Å². The number of carbonyl (C=O) groups is 1. The lowest BCUT2D eigenvalue weighted by molar-refractivity contribution is 0.0594. The summed E-state index contributed by atoms with van der Waals surface area (Å²) in [4.78, 5) is 11.2. The molecule has 3 N–H and O–H groups in total. The Hall–Kier alpha value is -1.69. The SMILES string of the molecule is COC(=O)c1ccc(NC(CN)C2CC2)c(F)c1F. The topological polar surface area (TPSA) is 64.3 Å². The van der Waals surface area contributed by atoms with E-state index < -0.39 is 23.2 Å². The summed E-state index contributed by atoms with van der Waals surface area (Å²) in [5, 5.41) is 2.89. The van der Waals surface area contributed by atoms with E-state index in [1.165, 1.54) is 12.1 Å². The van der Waals surface area contributed by atoms with Crippen LogP contribution in [0.3, 0.4) is 0 Å². The maximum absolute atomic E-state index is 13.9. The predicted molar refractivity (Wildman–Crippen MR) is 66.9 cm³/mol. The summed E-state index contributed by atoms with van der Waals surface area (Å²) in [5.74, 6) is -2.78. The van der Waals surface area contributed by atoms with Gasteiger partial charge in [-0.1, -0.05) is 0 Å². The van der Waals surface area contributed by atoms with Crippen LogP contribution in [0, 0.1) is 17.6 Å². The molecule has 19 heavy (non-hydrogen) atoms. The van der Waals surface area contributed by atoms with Gasteiger partial charge in [-0.15, -0.1) is 0 Å². The zero-order valence-corrected chi connectivity index (χ0v) is 10.6. The molecule has 104 valence electrons. The van der Waals surface area contributed by atoms with Gasteiger partial charge in [0, 0.05) is 12.6 Å². The number of halogens is 2. The van der Waals surface area contributed by atoms with Crippen LogP contribution in [0.4, 0.5) is 14.5 Å². The highest BCUT2D eigenvalue weighted by atomic mass is 19.2. The molecule has 1 fully saturated rings. The van der Waals surface area contributed by atoms with E-state index >= 15 is 0 Å².